The van der Waals surface area contributed by atoms with Gasteiger partial charge in [-0.3, -0.25) is 0 Å². The summed E-state index contributed by atoms with van der Waals surface area (Å²) in [6.45, 7) is 17.0. The van der Waals surface area contributed by atoms with Crippen LogP contribution in [0.2, 0.25) is 0 Å². The molecule has 1 saturated heterocycles. The van der Waals surface area contributed by atoms with Crippen molar-refractivity contribution in [2.45, 2.75) is 104 Å². The summed E-state index contributed by atoms with van der Waals surface area (Å²) in [7, 11) is 0. The lowest BCUT2D eigenvalue weighted by molar-refractivity contribution is -0.629. The maximum Gasteiger partial charge on any atom is 0.265 e. The van der Waals surface area contributed by atoms with Crippen LogP contribution in [-0.2, 0) is 29.3 Å². The van der Waals surface area contributed by atoms with Crippen molar-refractivity contribution in [3.05, 3.63) is 0 Å². The van der Waals surface area contributed by atoms with Crippen LogP contribution in [0, 0.1) is 0 Å². The van der Waals surface area contributed by atoms with Crippen LogP contribution in [0.3, 0.4) is 0 Å². The van der Waals surface area contributed by atoms with Crippen LogP contribution >= 0.6 is 0 Å². The van der Waals surface area contributed by atoms with Gasteiger partial charge in [0.05, 0.1) is 11.2 Å². The Morgan fingerprint density at radius 1 is 0.864 bits per heavy atom. The lowest BCUT2D eigenvalue weighted by atomic mass is 9.86. The van der Waals surface area contributed by atoms with Gasteiger partial charge in [-0.25, -0.2) is 19.6 Å². The highest BCUT2D eigenvalue weighted by atomic mass is 17.3. The lowest BCUT2D eigenvalue weighted by Crippen LogP contribution is -2.69. The molecule has 1 aliphatic heterocycles. The van der Waals surface area contributed by atoms with Gasteiger partial charge >= 0.3 is 0 Å². The Bertz CT molecular complexity index is 339. The van der Waals surface area contributed by atoms with E-state index in [1.807, 2.05) is 48.5 Å². The molecule has 0 bridgehead atoms. The Hall–Kier alpha value is -0.240. The Labute approximate surface area is 134 Å². The van der Waals surface area contributed by atoms with E-state index < -0.39 is 22.6 Å². The van der Waals surface area contributed by atoms with E-state index in [1.165, 1.54) is 0 Å². The van der Waals surface area contributed by atoms with Crippen molar-refractivity contribution >= 4 is 0 Å². The minimum Gasteiger partial charge on any atom is -0.229 e. The van der Waals surface area contributed by atoms with Crippen LogP contribution in [0.4, 0.5) is 0 Å². The second kappa shape index (κ2) is 6.71. The molecule has 0 aromatic rings. The molecule has 1 rings (SSSR count). The van der Waals surface area contributed by atoms with Crippen molar-refractivity contribution in [2.24, 2.45) is 0 Å². The molecule has 0 N–H and O–H groups in total. The largest absolute Gasteiger partial charge is 0.265 e. The fourth-order valence-electron chi connectivity index (χ4n) is 1.80. The van der Waals surface area contributed by atoms with Crippen LogP contribution in [0.5, 0.6) is 0 Å². The minimum absolute atomic E-state index is 0.158. The van der Waals surface area contributed by atoms with Crippen molar-refractivity contribution in [1.29, 1.82) is 0 Å². The highest BCUT2D eigenvalue weighted by molar-refractivity contribution is 4.98. The third-order valence-corrected chi connectivity index (χ3v) is 3.31. The van der Waals surface area contributed by atoms with Gasteiger partial charge in [-0.15, -0.1) is 0 Å². The summed E-state index contributed by atoms with van der Waals surface area (Å²) in [6.07, 6.45) is 1.62. The van der Waals surface area contributed by atoms with E-state index in [-0.39, 0.29) is 6.10 Å². The predicted molar refractivity (Wildman–Crippen MR) is 81.5 cm³/mol. The summed E-state index contributed by atoms with van der Waals surface area (Å²) >= 11 is 0. The quantitative estimate of drug-likeness (QED) is 0.400. The first kappa shape index (κ1) is 19.8. The van der Waals surface area contributed by atoms with Gasteiger partial charge < -0.3 is 0 Å². The normalized spacial score (nSPS) is 26.9. The first-order chi connectivity index (χ1) is 9.83. The maximum absolute atomic E-state index is 5.62. The van der Waals surface area contributed by atoms with Gasteiger partial charge in [0.1, 0.15) is 6.10 Å². The molecule has 2 atom stereocenters. The number of hydrogen-bond acceptors (Lipinski definition) is 6. The molecule has 0 aromatic carbocycles. The van der Waals surface area contributed by atoms with Crippen molar-refractivity contribution in [1.82, 2.24) is 0 Å². The predicted octanol–water partition coefficient (Wildman–Crippen LogP) is 4.09. The first-order valence-electron chi connectivity index (χ1n) is 7.91. The summed E-state index contributed by atoms with van der Waals surface area (Å²) in [5.74, 6) is -1.27. The van der Waals surface area contributed by atoms with E-state index in [9.17, 15) is 0 Å². The maximum atomic E-state index is 5.62. The van der Waals surface area contributed by atoms with Crippen molar-refractivity contribution in [2.75, 3.05) is 0 Å². The molecule has 1 aliphatic rings. The van der Waals surface area contributed by atoms with Crippen molar-refractivity contribution < 1.29 is 29.3 Å². The SMILES string of the molecule is CCCC1OOC1(C)C(C)(OOC(C)(C)C)OOC(C)(C)C. The van der Waals surface area contributed by atoms with Crippen molar-refractivity contribution in [3.8, 4) is 0 Å². The van der Waals surface area contributed by atoms with E-state index in [4.69, 9.17) is 29.3 Å². The molecule has 1 fully saturated rings. The standard InChI is InChI=1S/C16H32O6/c1-10-11-12-15(8,20-17-12)16(9,21-18-13(2,3)4)22-19-14(5,6)7/h12H,10-11H2,1-9H3. The van der Waals surface area contributed by atoms with Crippen LogP contribution in [0.25, 0.3) is 0 Å². The summed E-state index contributed by atoms with van der Waals surface area (Å²) in [4.78, 5) is 32.8. The van der Waals surface area contributed by atoms with Crippen molar-refractivity contribution in [3.63, 3.8) is 0 Å². The molecule has 6 heteroatoms. The molecular formula is C16H32O6. The molecule has 0 aliphatic carbocycles. The molecule has 22 heavy (non-hydrogen) atoms. The Morgan fingerprint density at radius 2 is 1.32 bits per heavy atom. The molecule has 0 aromatic heterocycles. The Kier molecular flexibility index (Phi) is 6.04. The molecule has 0 saturated carbocycles. The third kappa shape index (κ3) is 4.88. The van der Waals surface area contributed by atoms with Gasteiger partial charge in [-0.2, -0.15) is 9.78 Å². The summed E-state index contributed by atoms with van der Waals surface area (Å²) < 4.78 is 0. The van der Waals surface area contributed by atoms with E-state index >= 15 is 0 Å². The Balaban J connectivity index is 2.90. The second-order valence-corrected chi connectivity index (χ2v) is 8.07. The summed E-state index contributed by atoms with van der Waals surface area (Å²) in [6, 6.07) is 0. The monoisotopic (exact) mass is 320 g/mol. The van der Waals surface area contributed by atoms with Gasteiger partial charge in [0.15, 0.2) is 5.60 Å². The number of rotatable bonds is 7. The molecule has 0 radical (unpaired) electrons. The van der Waals surface area contributed by atoms with Crippen LogP contribution in [-0.4, -0.2) is 28.7 Å². The average Bonchev–Trinajstić information content (AvgIpc) is 2.36. The molecule has 0 amide bonds. The zero-order valence-electron chi connectivity index (χ0n) is 15.4. The van der Waals surface area contributed by atoms with E-state index in [0.29, 0.717) is 0 Å². The van der Waals surface area contributed by atoms with Gasteiger partial charge in [-0.1, -0.05) is 13.3 Å². The topological polar surface area (TPSA) is 55.4 Å². The number of hydrogen-bond donors (Lipinski definition) is 0. The van der Waals surface area contributed by atoms with Crippen LogP contribution in [0.15, 0.2) is 0 Å². The zero-order chi connectivity index (χ0) is 17.2. The minimum atomic E-state index is -1.27. The highest BCUT2D eigenvalue weighted by Crippen LogP contribution is 2.45. The van der Waals surface area contributed by atoms with Crippen LogP contribution in [0.1, 0.15) is 75.2 Å². The van der Waals surface area contributed by atoms with Gasteiger partial charge in [-0.05, 0) is 61.8 Å². The average molecular weight is 320 g/mol. The van der Waals surface area contributed by atoms with Gasteiger partial charge in [0.25, 0.3) is 5.79 Å². The molecule has 6 nitrogen and oxygen atoms in total. The summed E-state index contributed by atoms with van der Waals surface area (Å²) in [5.41, 5.74) is -1.82. The molecule has 2 unspecified atom stereocenters. The highest BCUT2D eigenvalue weighted by Gasteiger charge is 2.64. The molecular weight excluding hydrogens is 288 g/mol. The fraction of sp³-hybridized carbons (Fsp3) is 1.00. The van der Waals surface area contributed by atoms with E-state index in [1.54, 1.807) is 6.92 Å². The fourth-order valence-corrected chi connectivity index (χ4v) is 1.80. The summed E-state index contributed by atoms with van der Waals surface area (Å²) in [5, 5.41) is 0. The Morgan fingerprint density at radius 3 is 1.59 bits per heavy atom. The molecule has 1 heterocycles. The first-order valence-corrected chi connectivity index (χ1v) is 7.91. The van der Waals surface area contributed by atoms with Gasteiger partial charge in [0, 0.05) is 0 Å². The van der Waals surface area contributed by atoms with Gasteiger partial charge in [0.2, 0.25) is 0 Å². The van der Waals surface area contributed by atoms with Crippen LogP contribution < -0.4 is 0 Å². The molecule has 132 valence electrons. The second-order valence-electron chi connectivity index (χ2n) is 8.07. The lowest BCUT2D eigenvalue weighted by Gasteiger charge is -2.52. The third-order valence-electron chi connectivity index (χ3n) is 3.31. The van der Waals surface area contributed by atoms with E-state index in [0.717, 1.165) is 12.8 Å². The van der Waals surface area contributed by atoms with E-state index in [2.05, 4.69) is 6.92 Å². The smallest absolute Gasteiger partial charge is 0.229 e. The zero-order valence-corrected chi connectivity index (χ0v) is 15.4. The molecule has 0 spiro atoms.